The van der Waals surface area contributed by atoms with Gasteiger partial charge >= 0.3 is 0 Å². The third kappa shape index (κ3) is 3.14. The molecule has 4 heterocycles. The lowest BCUT2D eigenvalue weighted by Gasteiger charge is -2.37. The van der Waals surface area contributed by atoms with Crippen LogP contribution in [0.25, 0.3) is 0 Å². The van der Waals surface area contributed by atoms with E-state index in [4.69, 9.17) is 4.74 Å². The number of piperidine rings is 1. The van der Waals surface area contributed by atoms with E-state index < -0.39 is 0 Å². The topological polar surface area (TPSA) is 58.6 Å². The molecular weight excluding hydrogens is 324 g/mol. The molecule has 2 aliphatic rings. The maximum absolute atomic E-state index is 12.6. The van der Waals surface area contributed by atoms with Gasteiger partial charge in [0.2, 0.25) is 5.95 Å². The van der Waals surface area contributed by atoms with Crippen molar-refractivity contribution in [1.82, 2.24) is 14.9 Å². The molecule has 2 fully saturated rings. The summed E-state index contributed by atoms with van der Waals surface area (Å²) in [7, 11) is 0. The van der Waals surface area contributed by atoms with Crippen molar-refractivity contribution in [3.05, 3.63) is 40.8 Å². The summed E-state index contributed by atoms with van der Waals surface area (Å²) in [5.41, 5.74) is 0.784. The minimum absolute atomic E-state index is 0.0926. The fourth-order valence-corrected chi connectivity index (χ4v) is 4.07. The Bertz CT molecular complexity index is 679. The number of hydrogen-bond donors (Lipinski definition) is 0. The smallest absolute Gasteiger partial charge is 0.254 e. The maximum atomic E-state index is 12.6. The Hall–Kier alpha value is -1.99. The number of amides is 1. The zero-order chi connectivity index (χ0) is 16.4. The third-order valence-electron chi connectivity index (χ3n) is 4.73. The van der Waals surface area contributed by atoms with E-state index in [1.54, 1.807) is 23.7 Å². The Labute approximate surface area is 145 Å². The number of carbonyl (C=O) groups is 1. The summed E-state index contributed by atoms with van der Waals surface area (Å²) in [5.74, 6) is 1.28. The molecule has 2 aromatic rings. The van der Waals surface area contributed by atoms with Gasteiger partial charge in [0.25, 0.3) is 5.91 Å². The van der Waals surface area contributed by atoms with Crippen molar-refractivity contribution in [3.63, 3.8) is 0 Å². The molecule has 2 atom stereocenters. The van der Waals surface area contributed by atoms with Crippen LogP contribution in [-0.4, -0.2) is 59.7 Å². The lowest BCUT2D eigenvalue weighted by Crippen LogP contribution is -2.49. The second-order valence-electron chi connectivity index (χ2n) is 6.22. The van der Waals surface area contributed by atoms with E-state index >= 15 is 0 Å². The lowest BCUT2D eigenvalue weighted by atomic mass is 9.93. The van der Waals surface area contributed by atoms with Crippen molar-refractivity contribution >= 4 is 23.2 Å². The molecule has 0 spiro atoms. The van der Waals surface area contributed by atoms with E-state index in [9.17, 15) is 4.79 Å². The first kappa shape index (κ1) is 15.5. The van der Waals surface area contributed by atoms with Gasteiger partial charge in [0.05, 0.1) is 18.3 Å². The molecule has 24 heavy (non-hydrogen) atoms. The Morgan fingerprint density at radius 1 is 1.25 bits per heavy atom. The van der Waals surface area contributed by atoms with Crippen LogP contribution in [-0.2, 0) is 4.74 Å². The quantitative estimate of drug-likeness (QED) is 0.833. The van der Waals surface area contributed by atoms with E-state index in [1.807, 2.05) is 27.8 Å². The zero-order valence-corrected chi connectivity index (χ0v) is 14.2. The zero-order valence-electron chi connectivity index (χ0n) is 13.4. The number of fused-ring (bicyclic) bond motifs is 1. The maximum Gasteiger partial charge on any atom is 0.254 e. The third-order valence-corrected chi connectivity index (χ3v) is 5.42. The standard InChI is InChI=1S/C17H20N4O2S/c22-16(14-3-9-24-12-14)20-6-2-13-10-21(7-8-23-15(13)11-20)17-18-4-1-5-19-17/h1,3-5,9,12-13,15H,2,6-8,10-11H2/t13-,15-/m0/s1. The predicted octanol–water partition coefficient (Wildman–Crippen LogP) is 1.91. The van der Waals surface area contributed by atoms with Crippen LogP contribution in [0, 0.1) is 5.92 Å². The summed E-state index contributed by atoms with van der Waals surface area (Å²) in [6.45, 7) is 3.76. The number of carbonyl (C=O) groups excluding carboxylic acids is 1. The van der Waals surface area contributed by atoms with Gasteiger partial charge < -0.3 is 14.5 Å². The summed E-state index contributed by atoms with van der Waals surface area (Å²) in [6, 6.07) is 3.72. The van der Waals surface area contributed by atoms with E-state index in [0.717, 1.165) is 37.6 Å². The molecule has 0 radical (unpaired) electrons. The number of aromatic nitrogens is 2. The van der Waals surface area contributed by atoms with Crippen LogP contribution in [0.5, 0.6) is 0 Å². The first-order valence-electron chi connectivity index (χ1n) is 8.26. The molecule has 2 saturated heterocycles. The van der Waals surface area contributed by atoms with Gasteiger partial charge in [-0.05, 0) is 23.9 Å². The van der Waals surface area contributed by atoms with Crippen LogP contribution in [0.3, 0.4) is 0 Å². The molecule has 2 aliphatic heterocycles. The average molecular weight is 344 g/mol. The van der Waals surface area contributed by atoms with Gasteiger partial charge in [0.1, 0.15) is 0 Å². The van der Waals surface area contributed by atoms with Crippen molar-refractivity contribution in [3.8, 4) is 0 Å². The number of thiophene rings is 1. The number of hydrogen-bond acceptors (Lipinski definition) is 6. The Morgan fingerprint density at radius 2 is 2.12 bits per heavy atom. The number of nitrogens with zero attached hydrogens (tertiary/aromatic N) is 4. The summed E-state index contributed by atoms with van der Waals surface area (Å²) in [6.07, 6.45) is 4.58. The highest BCUT2D eigenvalue weighted by atomic mass is 32.1. The van der Waals surface area contributed by atoms with E-state index in [1.165, 1.54) is 0 Å². The summed E-state index contributed by atoms with van der Waals surface area (Å²) < 4.78 is 6.07. The second kappa shape index (κ2) is 6.86. The summed E-state index contributed by atoms with van der Waals surface area (Å²) >= 11 is 1.56. The highest BCUT2D eigenvalue weighted by Crippen LogP contribution is 2.26. The molecule has 0 N–H and O–H groups in total. The first-order chi connectivity index (χ1) is 11.8. The van der Waals surface area contributed by atoms with E-state index in [0.29, 0.717) is 19.1 Å². The molecule has 0 unspecified atom stereocenters. The molecule has 0 aliphatic carbocycles. The van der Waals surface area contributed by atoms with Crippen LogP contribution >= 0.6 is 11.3 Å². The molecular formula is C17H20N4O2S. The molecule has 0 saturated carbocycles. The van der Waals surface area contributed by atoms with Gasteiger partial charge in [-0.15, -0.1) is 0 Å². The van der Waals surface area contributed by atoms with Crippen molar-refractivity contribution in [2.24, 2.45) is 5.92 Å². The Kier molecular flexibility index (Phi) is 4.44. The van der Waals surface area contributed by atoms with Crippen LogP contribution in [0.15, 0.2) is 35.3 Å². The lowest BCUT2D eigenvalue weighted by molar-refractivity contribution is -0.0169. The highest BCUT2D eigenvalue weighted by molar-refractivity contribution is 7.08. The largest absolute Gasteiger partial charge is 0.374 e. The van der Waals surface area contributed by atoms with Gasteiger partial charge in [0, 0.05) is 49.9 Å². The van der Waals surface area contributed by atoms with E-state index in [2.05, 4.69) is 14.9 Å². The number of anilines is 1. The Morgan fingerprint density at radius 3 is 2.92 bits per heavy atom. The van der Waals surface area contributed by atoms with Gasteiger partial charge in [-0.25, -0.2) is 9.97 Å². The highest BCUT2D eigenvalue weighted by Gasteiger charge is 2.35. The van der Waals surface area contributed by atoms with Crippen LogP contribution in [0.1, 0.15) is 16.8 Å². The van der Waals surface area contributed by atoms with E-state index in [-0.39, 0.29) is 12.0 Å². The number of likely N-dealkylation sites (tertiary alicyclic amines) is 1. The first-order valence-corrected chi connectivity index (χ1v) is 9.20. The van der Waals surface area contributed by atoms with Crippen molar-refractivity contribution < 1.29 is 9.53 Å². The molecule has 1 amide bonds. The molecule has 0 aromatic carbocycles. The summed E-state index contributed by atoms with van der Waals surface area (Å²) in [4.78, 5) is 25.4. The van der Waals surface area contributed by atoms with Gasteiger partial charge in [-0.3, -0.25) is 4.79 Å². The van der Waals surface area contributed by atoms with Crippen LogP contribution in [0.4, 0.5) is 5.95 Å². The number of ether oxygens (including phenoxy) is 1. The summed E-state index contributed by atoms with van der Waals surface area (Å²) in [5, 5.41) is 3.86. The predicted molar refractivity (Wildman–Crippen MR) is 92.3 cm³/mol. The molecule has 7 heteroatoms. The molecule has 6 nitrogen and oxygen atoms in total. The van der Waals surface area contributed by atoms with Crippen LogP contribution in [0.2, 0.25) is 0 Å². The van der Waals surface area contributed by atoms with Crippen molar-refractivity contribution in [2.45, 2.75) is 12.5 Å². The second-order valence-corrected chi connectivity index (χ2v) is 7.00. The van der Waals surface area contributed by atoms with Crippen molar-refractivity contribution in [1.29, 1.82) is 0 Å². The SMILES string of the molecule is O=C(c1ccsc1)N1CC[C@H]2CN(c3ncccn3)CCO[C@H]2C1. The van der Waals surface area contributed by atoms with Gasteiger partial charge in [0.15, 0.2) is 0 Å². The normalized spacial score (nSPS) is 24.3. The fourth-order valence-electron chi connectivity index (χ4n) is 3.44. The average Bonchev–Trinajstić information content (AvgIpc) is 3.08. The van der Waals surface area contributed by atoms with Crippen molar-refractivity contribution in [2.75, 3.05) is 37.7 Å². The fraction of sp³-hybridized carbons (Fsp3) is 0.471. The molecule has 2 aromatic heterocycles. The minimum atomic E-state index is 0.0926. The molecule has 126 valence electrons. The minimum Gasteiger partial charge on any atom is -0.374 e. The monoisotopic (exact) mass is 344 g/mol. The molecule has 4 rings (SSSR count). The number of rotatable bonds is 2. The van der Waals surface area contributed by atoms with Gasteiger partial charge in [-0.2, -0.15) is 11.3 Å². The Balaban J connectivity index is 1.44. The molecule has 0 bridgehead atoms. The van der Waals surface area contributed by atoms with Crippen LogP contribution < -0.4 is 4.90 Å². The van der Waals surface area contributed by atoms with Gasteiger partial charge in [-0.1, -0.05) is 0 Å².